The zero-order chi connectivity index (χ0) is 15.8. The summed E-state index contributed by atoms with van der Waals surface area (Å²) in [5.41, 5.74) is 6.97. The first-order valence-electron chi connectivity index (χ1n) is 7.86. The van der Waals surface area contributed by atoms with Gasteiger partial charge >= 0.3 is 0 Å². The molecule has 3 N–H and O–H groups in total. The Kier molecular flexibility index (Phi) is 7.54. The highest BCUT2D eigenvalue weighted by Gasteiger charge is 2.20. The smallest absolute Gasteiger partial charge is 0.123 e. The Hall–Kier alpha value is -1.26. The molecule has 0 aromatic heterocycles. The lowest BCUT2D eigenvalue weighted by atomic mass is 9.91. The summed E-state index contributed by atoms with van der Waals surface area (Å²) >= 11 is 0. The molecule has 0 amide bonds. The molecule has 0 aliphatic rings. The molecular weight excluding hydrogens is 266 g/mol. The maximum absolute atomic E-state index is 10.1. The maximum Gasteiger partial charge on any atom is 0.123 e. The van der Waals surface area contributed by atoms with Crippen LogP contribution in [0.25, 0.3) is 0 Å². The molecule has 0 fully saturated rings. The van der Waals surface area contributed by atoms with Gasteiger partial charge in [-0.25, -0.2) is 0 Å². The summed E-state index contributed by atoms with van der Waals surface area (Å²) in [4.78, 5) is 0. The number of aliphatic hydroxyl groups is 1. The Labute approximate surface area is 128 Å². The van der Waals surface area contributed by atoms with Crippen molar-refractivity contribution in [2.24, 2.45) is 5.73 Å². The normalized spacial score (nSPS) is 15.3. The molecule has 0 spiro atoms. The molecule has 4 heteroatoms. The number of ether oxygens (including phenoxy) is 2. The zero-order valence-corrected chi connectivity index (χ0v) is 13.6. The molecule has 21 heavy (non-hydrogen) atoms. The van der Waals surface area contributed by atoms with Gasteiger partial charge in [0.1, 0.15) is 11.5 Å². The summed E-state index contributed by atoms with van der Waals surface area (Å²) < 4.78 is 11.3. The third kappa shape index (κ3) is 5.21. The highest BCUT2D eigenvalue weighted by Crippen LogP contribution is 2.33. The van der Waals surface area contributed by atoms with E-state index < -0.39 is 6.10 Å². The monoisotopic (exact) mass is 295 g/mol. The summed E-state index contributed by atoms with van der Waals surface area (Å²) in [5.74, 6) is 1.84. The Bertz CT molecular complexity index is 422. The van der Waals surface area contributed by atoms with E-state index in [0.717, 1.165) is 23.5 Å². The van der Waals surface area contributed by atoms with E-state index in [1.807, 2.05) is 39.0 Å². The summed E-state index contributed by atoms with van der Waals surface area (Å²) in [5, 5.41) is 10.1. The number of aliphatic hydroxyl groups excluding tert-OH is 1. The van der Waals surface area contributed by atoms with Crippen LogP contribution >= 0.6 is 0 Å². The standard InChI is InChI=1S/C17H29NO3/c1-5-15(18)16(19)10-12(4)14-11-13(20-6-2)8-9-17(14)21-7-3/h8-9,11-12,15-16,19H,5-7,10,18H2,1-4H3. The number of benzene rings is 1. The molecule has 0 saturated carbocycles. The molecule has 3 atom stereocenters. The lowest BCUT2D eigenvalue weighted by Gasteiger charge is -2.23. The number of hydrogen-bond acceptors (Lipinski definition) is 4. The molecule has 0 saturated heterocycles. The Morgan fingerprint density at radius 1 is 1.14 bits per heavy atom. The molecule has 0 bridgehead atoms. The molecule has 0 heterocycles. The van der Waals surface area contributed by atoms with Crippen LogP contribution in [0.3, 0.4) is 0 Å². The van der Waals surface area contributed by atoms with Crippen molar-refractivity contribution in [1.82, 2.24) is 0 Å². The van der Waals surface area contributed by atoms with Crippen molar-refractivity contribution in [1.29, 1.82) is 0 Å². The molecule has 1 aromatic carbocycles. The van der Waals surface area contributed by atoms with Crippen molar-refractivity contribution >= 4 is 0 Å². The van der Waals surface area contributed by atoms with Crippen LogP contribution in [-0.2, 0) is 0 Å². The third-order valence-corrected chi connectivity index (χ3v) is 3.68. The van der Waals surface area contributed by atoms with E-state index in [1.165, 1.54) is 0 Å². The van der Waals surface area contributed by atoms with Crippen LogP contribution in [0.1, 0.15) is 52.0 Å². The van der Waals surface area contributed by atoms with Crippen molar-refractivity contribution in [2.75, 3.05) is 13.2 Å². The largest absolute Gasteiger partial charge is 0.494 e. The van der Waals surface area contributed by atoms with E-state index in [4.69, 9.17) is 15.2 Å². The topological polar surface area (TPSA) is 64.7 Å². The van der Waals surface area contributed by atoms with Crippen molar-refractivity contribution in [3.05, 3.63) is 23.8 Å². The molecule has 1 rings (SSSR count). The molecule has 0 aliphatic heterocycles. The summed E-state index contributed by atoms with van der Waals surface area (Å²) in [6, 6.07) is 5.67. The second-order valence-corrected chi connectivity index (χ2v) is 5.34. The fourth-order valence-electron chi connectivity index (χ4n) is 2.39. The van der Waals surface area contributed by atoms with Crippen LogP contribution in [-0.4, -0.2) is 30.5 Å². The summed E-state index contributed by atoms with van der Waals surface area (Å²) in [6.45, 7) is 9.24. The van der Waals surface area contributed by atoms with Crippen LogP contribution < -0.4 is 15.2 Å². The zero-order valence-electron chi connectivity index (χ0n) is 13.6. The van der Waals surface area contributed by atoms with Crippen LogP contribution in [0.2, 0.25) is 0 Å². The molecular formula is C17H29NO3. The van der Waals surface area contributed by atoms with Gasteiger partial charge in [-0.1, -0.05) is 13.8 Å². The molecule has 0 aliphatic carbocycles. The first kappa shape index (κ1) is 17.8. The molecule has 120 valence electrons. The van der Waals surface area contributed by atoms with E-state index in [0.29, 0.717) is 19.6 Å². The van der Waals surface area contributed by atoms with Crippen molar-refractivity contribution < 1.29 is 14.6 Å². The van der Waals surface area contributed by atoms with Crippen molar-refractivity contribution in [3.8, 4) is 11.5 Å². The predicted molar refractivity (Wildman–Crippen MR) is 86.1 cm³/mol. The fourth-order valence-corrected chi connectivity index (χ4v) is 2.39. The van der Waals surface area contributed by atoms with Gasteiger partial charge in [-0.2, -0.15) is 0 Å². The van der Waals surface area contributed by atoms with Crippen molar-refractivity contribution in [3.63, 3.8) is 0 Å². The van der Waals surface area contributed by atoms with Crippen LogP contribution in [0.4, 0.5) is 0 Å². The molecule has 1 aromatic rings. The average molecular weight is 295 g/mol. The maximum atomic E-state index is 10.1. The molecule has 4 nitrogen and oxygen atoms in total. The number of hydrogen-bond donors (Lipinski definition) is 2. The lowest BCUT2D eigenvalue weighted by Crippen LogP contribution is -2.34. The number of nitrogens with two attached hydrogens (primary N) is 1. The first-order valence-corrected chi connectivity index (χ1v) is 7.86. The van der Waals surface area contributed by atoms with Crippen LogP contribution in [0, 0.1) is 0 Å². The van der Waals surface area contributed by atoms with E-state index in [1.54, 1.807) is 0 Å². The average Bonchev–Trinajstić information content (AvgIpc) is 2.48. The van der Waals surface area contributed by atoms with Gasteiger partial charge in [-0.15, -0.1) is 0 Å². The van der Waals surface area contributed by atoms with E-state index >= 15 is 0 Å². The Balaban J connectivity index is 2.92. The Morgan fingerprint density at radius 2 is 1.81 bits per heavy atom. The SMILES string of the molecule is CCOc1ccc(OCC)c(C(C)CC(O)C(N)CC)c1. The van der Waals surface area contributed by atoms with Crippen molar-refractivity contribution in [2.45, 2.75) is 58.6 Å². The van der Waals surface area contributed by atoms with E-state index in [9.17, 15) is 5.11 Å². The summed E-state index contributed by atoms with van der Waals surface area (Å²) in [6.07, 6.45) is 0.880. The van der Waals surface area contributed by atoms with Gasteiger partial charge < -0.3 is 20.3 Å². The minimum atomic E-state index is -0.504. The van der Waals surface area contributed by atoms with E-state index in [-0.39, 0.29) is 12.0 Å². The second-order valence-electron chi connectivity index (χ2n) is 5.34. The van der Waals surface area contributed by atoms with Gasteiger partial charge in [-0.3, -0.25) is 0 Å². The fraction of sp³-hybridized carbons (Fsp3) is 0.647. The second kappa shape index (κ2) is 8.90. The van der Waals surface area contributed by atoms with Crippen LogP contribution in [0.5, 0.6) is 11.5 Å². The Morgan fingerprint density at radius 3 is 2.38 bits per heavy atom. The van der Waals surface area contributed by atoms with Crippen LogP contribution in [0.15, 0.2) is 18.2 Å². The summed E-state index contributed by atoms with van der Waals surface area (Å²) in [7, 11) is 0. The number of rotatable bonds is 9. The quantitative estimate of drug-likeness (QED) is 0.735. The lowest BCUT2D eigenvalue weighted by molar-refractivity contribution is 0.126. The van der Waals surface area contributed by atoms with Gasteiger partial charge in [-0.05, 0) is 50.8 Å². The van der Waals surface area contributed by atoms with Gasteiger partial charge in [0, 0.05) is 11.6 Å². The highest BCUT2D eigenvalue weighted by atomic mass is 16.5. The minimum absolute atomic E-state index is 0.152. The van der Waals surface area contributed by atoms with E-state index in [2.05, 4.69) is 6.92 Å². The highest BCUT2D eigenvalue weighted by molar-refractivity contribution is 5.42. The molecule has 3 unspecified atom stereocenters. The van der Waals surface area contributed by atoms with Gasteiger partial charge in [0.05, 0.1) is 19.3 Å². The minimum Gasteiger partial charge on any atom is -0.494 e. The van der Waals surface area contributed by atoms with Gasteiger partial charge in [0.25, 0.3) is 0 Å². The van der Waals surface area contributed by atoms with Gasteiger partial charge in [0.15, 0.2) is 0 Å². The first-order chi connectivity index (χ1) is 10.0. The van der Waals surface area contributed by atoms with Gasteiger partial charge in [0.2, 0.25) is 0 Å². The molecule has 0 radical (unpaired) electrons. The third-order valence-electron chi connectivity index (χ3n) is 3.68. The predicted octanol–water partition coefficient (Wildman–Crippen LogP) is 3.08.